The number of hydrogen-bond acceptors (Lipinski definition) is 8. The molecule has 0 spiro atoms. The van der Waals surface area contributed by atoms with Crippen LogP contribution in [0.4, 0.5) is 5.69 Å². The third-order valence-corrected chi connectivity index (χ3v) is 8.77. The number of nitrogens with one attached hydrogen (secondary N) is 1. The Morgan fingerprint density at radius 2 is 1.79 bits per heavy atom. The van der Waals surface area contributed by atoms with Gasteiger partial charge < -0.3 is 14.5 Å². The summed E-state index contributed by atoms with van der Waals surface area (Å²) in [4.78, 5) is 38.8. The fourth-order valence-corrected chi connectivity index (χ4v) is 6.04. The van der Waals surface area contributed by atoms with Crippen LogP contribution < -0.4 is 20.1 Å². The van der Waals surface area contributed by atoms with Crippen LogP contribution in [-0.4, -0.2) is 55.3 Å². The first-order valence-electron chi connectivity index (χ1n) is 11.9. The maximum atomic E-state index is 13.1. The van der Waals surface area contributed by atoms with Crippen molar-refractivity contribution < 1.29 is 27.2 Å². The zero-order valence-corrected chi connectivity index (χ0v) is 22.9. The standard InChI is InChI=1S/C26H29N3O7S2/c1-26(2,3)22(30)16-24-29(25(32)21(37-24)15-19-5-4-12-36-19)17-23(31)27-18-6-8-20(9-7-18)38(33,34)28-10-13-35-14-11-28/h4-9,12,15-16H,10-11,13-14,17H2,1-3H3,(H,27,31)/b21-15-,24-16+. The molecule has 12 heteroatoms. The second kappa shape index (κ2) is 11.2. The van der Waals surface area contributed by atoms with Crippen molar-refractivity contribution in [1.82, 2.24) is 8.87 Å². The maximum absolute atomic E-state index is 13.1. The Morgan fingerprint density at radius 1 is 1.11 bits per heavy atom. The van der Waals surface area contributed by atoms with E-state index in [1.807, 2.05) is 0 Å². The van der Waals surface area contributed by atoms with Crippen molar-refractivity contribution in [3.8, 4) is 0 Å². The lowest BCUT2D eigenvalue weighted by Crippen LogP contribution is -2.40. The van der Waals surface area contributed by atoms with E-state index < -0.39 is 26.9 Å². The number of morpholine rings is 1. The van der Waals surface area contributed by atoms with Crippen LogP contribution in [0.25, 0.3) is 12.2 Å². The highest BCUT2D eigenvalue weighted by molar-refractivity contribution is 7.89. The normalized spacial score (nSPS) is 16.1. The van der Waals surface area contributed by atoms with Crippen molar-refractivity contribution in [2.45, 2.75) is 32.2 Å². The first kappa shape index (κ1) is 27.7. The number of Topliss-reactive ketones (excluding diaryl/α,β-unsaturated/α-hetero) is 1. The van der Waals surface area contributed by atoms with Gasteiger partial charge in [0.2, 0.25) is 15.9 Å². The molecule has 0 bridgehead atoms. The van der Waals surface area contributed by atoms with E-state index in [0.29, 0.717) is 33.9 Å². The highest BCUT2D eigenvalue weighted by atomic mass is 32.2. The number of hydrogen-bond donors (Lipinski definition) is 1. The number of rotatable bonds is 7. The molecule has 0 unspecified atom stereocenters. The second-order valence-corrected chi connectivity index (χ2v) is 12.7. The summed E-state index contributed by atoms with van der Waals surface area (Å²) in [5.74, 6) is -0.216. The van der Waals surface area contributed by atoms with Gasteiger partial charge in [-0.1, -0.05) is 20.8 Å². The largest absolute Gasteiger partial charge is 0.465 e. The lowest BCUT2D eigenvalue weighted by Gasteiger charge is -2.26. The number of anilines is 1. The Kier molecular flexibility index (Phi) is 8.16. The van der Waals surface area contributed by atoms with E-state index in [1.54, 1.807) is 39.0 Å². The molecule has 1 amide bonds. The van der Waals surface area contributed by atoms with Gasteiger partial charge in [-0.3, -0.25) is 19.0 Å². The summed E-state index contributed by atoms with van der Waals surface area (Å²) in [6, 6.07) is 9.23. The second-order valence-electron chi connectivity index (χ2n) is 9.70. The molecule has 1 aromatic carbocycles. The van der Waals surface area contributed by atoms with E-state index in [1.165, 1.54) is 45.5 Å². The first-order chi connectivity index (χ1) is 17.9. The minimum atomic E-state index is -3.66. The van der Waals surface area contributed by atoms with Crippen molar-refractivity contribution in [2.75, 3.05) is 31.6 Å². The van der Waals surface area contributed by atoms with Crippen molar-refractivity contribution >= 4 is 50.9 Å². The lowest BCUT2D eigenvalue weighted by atomic mass is 9.91. The number of nitrogens with zero attached hydrogens (tertiary/aromatic N) is 2. The number of ether oxygens (including phenoxy) is 1. The van der Waals surface area contributed by atoms with Gasteiger partial charge in [0.15, 0.2) is 5.78 Å². The number of sulfonamides is 1. The molecule has 1 fully saturated rings. The van der Waals surface area contributed by atoms with Crippen LogP contribution in [-0.2, 0) is 30.9 Å². The Balaban J connectivity index is 1.58. The van der Waals surface area contributed by atoms with E-state index in [4.69, 9.17) is 9.15 Å². The maximum Gasteiger partial charge on any atom is 0.269 e. The highest BCUT2D eigenvalue weighted by Gasteiger charge is 2.26. The van der Waals surface area contributed by atoms with Crippen LogP contribution in [0.1, 0.15) is 26.5 Å². The minimum Gasteiger partial charge on any atom is -0.465 e. The number of aromatic nitrogens is 1. The summed E-state index contributed by atoms with van der Waals surface area (Å²) >= 11 is 1.09. The van der Waals surface area contributed by atoms with Crippen LogP contribution in [0.2, 0.25) is 0 Å². The predicted molar refractivity (Wildman–Crippen MR) is 144 cm³/mol. The summed E-state index contributed by atoms with van der Waals surface area (Å²) in [5, 5.41) is 2.69. The van der Waals surface area contributed by atoms with E-state index in [0.717, 1.165) is 11.3 Å². The minimum absolute atomic E-state index is 0.113. The topological polar surface area (TPSA) is 128 Å². The van der Waals surface area contributed by atoms with Gasteiger partial charge in [-0.05, 0) is 36.4 Å². The molecule has 202 valence electrons. The number of carbonyl (C=O) groups excluding carboxylic acids is 2. The number of furan rings is 1. The number of carbonyl (C=O) groups is 2. The molecule has 0 atom stereocenters. The molecule has 3 aromatic rings. The van der Waals surface area contributed by atoms with Gasteiger partial charge in [0.05, 0.1) is 28.9 Å². The molecule has 1 aliphatic heterocycles. The summed E-state index contributed by atoms with van der Waals surface area (Å²) < 4.78 is 39.4. The van der Waals surface area contributed by atoms with Gasteiger partial charge in [-0.15, -0.1) is 11.3 Å². The average Bonchev–Trinajstić information content (AvgIpc) is 3.48. The zero-order valence-electron chi connectivity index (χ0n) is 21.3. The molecule has 38 heavy (non-hydrogen) atoms. The average molecular weight is 560 g/mol. The summed E-state index contributed by atoms with van der Waals surface area (Å²) in [5.41, 5.74) is -0.722. The van der Waals surface area contributed by atoms with Crippen LogP contribution >= 0.6 is 11.3 Å². The number of ketones is 1. The molecular formula is C26H29N3O7S2. The summed E-state index contributed by atoms with van der Waals surface area (Å²) in [6.45, 7) is 6.24. The van der Waals surface area contributed by atoms with Gasteiger partial charge in [0, 0.05) is 36.3 Å². The van der Waals surface area contributed by atoms with Gasteiger partial charge >= 0.3 is 0 Å². The molecule has 10 nitrogen and oxygen atoms in total. The van der Waals surface area contributed by atoms with Crippen molar-refractivity contribution in [2.24, 2.45) is 5.41 Å². The molecular weight excluding hydrogens is 530 g/mol. The smallest absolute Gasteiger partial charge is 0.269 e. The first-order valence-corrected chi connectivity index (χ1v) is 14.2. The van der Waals surface area contributed by atoms with Crippen LogP contribution in [0, 0.1) is 5.41 Å². The monoisotopic (exact) mass is 559 g/mol. The third kappa shape index (κ3) is 6.38. The van der Waals surface area contributed by atoms with E-state index in [-0.39, 0.29) is 30.3 Å². The molecule has 0 aliphatic carbocycles. The zero-order chi connectivity index (χ0) is 27.5. The number of benzene rings is 1. The molecule has 2 aromatic heterocycles. The molecule has 1 aliphatic rings. The lowest BCUT2D eigenvalue weighted by molar-refractivity contribution is -0.120. The quantitative estimate of drug-likeness (QED) is 0.463. The molecule has 3 heterocycles. The molecule has 0 saturated carbocycles. The predicted octanol–water partition coefficient (Wildman–Crippen LogP) is 1.39. The fourth-order valence-electron chi connectivity index (χ4n) is 3.61. The SMILES string of the molecule is CC(C)(C)C(=O)/C=c1/s/c(=C\c2ccco2)c(=O)n1CC(=O)Nc1ccc(S(=O)(=O)N2CCOCC2)cc1. The van der Waals surface area contributed by atoms with Crippen molar-refractivity contribution in [3.05, 3.63) is 68.0 Å². The van der Waals surface area contributed by atoms with Crippen molar-refractivity contribution in [3.63, 3.8) is 0 Å². The summed E-state index contributed by atoms with van der Waals surface area (Å²) in [6.07, 6.45) is 4.43. The Hall–Kier alpha value is -3.32. The molecule has 4 rings (SSSR count). The highest BCUT2D eigenvalue weighted by Crippen LogP contribution is 2.19. The van der Waals surface area contributed by atoms with E-state index in [2.05, 4.69) is 5.32 Å². The number of amides is 1. The Morgan fingerprint density at radius 3 is 2.39 bits per heavy atom. The van der Waals surface area contributed by atoms with E-state index in [9.17, 15) is 22.8 Å². The fraction of sp³-hybridized carbons (Fsp3) is 0.346. The number of thiazole rings is 1. The Bertz CT molecular complexity index is 1590. The molecule has 1 N–H and O–H groups in total. The van der Waals surface area contributed by atoms with Crippen LogP contribution in [0.15, 0.2) is 56.8 Å². The molecule has 1 saturated heterocycles. The van der Waals surface area contributed by atoms with Gasteiger partial charge in [0.1, 0.15) is 17.0 Å². The van der Waals surface area contributed by atoms with Crippen LogP contribution in [0.5, 0.6) is 0 Å². The Labute approximate surface area is 223 Å². The van der Waals surface area contributed by atoms with Gasteiger partial charge in [-0.25, -0.2) is 8.42 Å². The third-order valence-electron chi connectivity index (χ3n) is 5.79. The van der Waals surface area contributed by atoms with Gasteiger partial charge in [-0.2, -0.15) is 4.31 Å². The van der Waals surface area contributed by atoms with E-state index >= 15 is 0 Å². The summed E-state index contributed by atoms with van der Waals surface area (Å²) in [7, 11) is -3.66. The van der Waals surface area contributed by atoms with Crippen LogP contribution in [0.3, 0.4) is 0 Å². The van der Waals surface area contributed by atoms with Gasteiger partial charge in [0.25, 0.3) is 5.56 Å². The molecule has 0 radical (unpaired) electrons. The van der Waals surface area contributed by atoms with Crippen molar-refractivity contribution in [1.29, 1.82) is 0 Å².